The van der Waals surface area contributed by atoms with E-state index in [9.17, 15) is 13.2 Å². The van der Waals surface area contributed by atoms with Gasteiger partial charge in [-0.05, 0) is 42.7 Å². The number of aliphatic imine (C=N–C) groups is 1. The van der Waals surface area contributed by atoms with E-state index in [-0.39, 0.29) is 35.8 Å². The minimum absolute atomic E-state index is 0. The summed E-state index contributed by atoms with van der Waals surface area (Å²) in [5.41, 5.74) is 0.860. The van der Waals surface area contributed by atoms with Gasteiger partial charge in [-0.3, -0.25) is 0 Å². The van der Waals surface area contributed by atoms with Crippen LogP contribution in [0.4, 0.5) is 13.2 Å². The monoisotopic (exact) mass is 553 g/mol. The van der Waals surface area contributed by atoms with Gasteiger partial charge in [0.15, 0.2) is 12.6 Å². The normalized spacial score (nSPS) is 16.6. The van der Waals surface area contributed by atoms with Crippen molar-refractivity contribution in [1.82, 2.24) is 10.6 Å². The van der Waals surface area contributed by atoms with E-state index in [0.717, 1.165) is 37.2 Å². The first-order valence-corrected chi connectivity index (χ1v) is 9.92. The van der Waals surface area contributed by atoms with E-state index in [1.165, 1.54) is 12.1 Å². The summed E-state index contributed by atoms with van der Waals surface area (Å²) in [5, 5.41) is 6.57. The fourth-order valence-corrected chi connectivity index (χ4v) is 2.98. The van der Waals surface area contributed by atoms with Crippen molar-refractivity contribution in [2.45, 2.75) is 38.1 Å². The van der Waals surface area contributed by atoms with Crippen LogP contribution in [0.15, 0.2) is 52.1 Å². The molecule has 172 valence electrons. The Hall–Kier alpha value is -1.95. The maximum atomic E-state index is 12.2. The number of furan rings is 1. The SMILES string of the molecule is FC(F)(F)COc1ccc(CN=C(NCCc2ccco2)NCC2CCCO2)cc1.I. The van der Waals surface area contributed by atoms with Crippen molar-refractivity contribution in [2.75, 3.05) is 26.3 Å². The Balaban J connectivity index is 0.00000341. The molecule has 0 aliphatic carbocycles. The molecule has 0 spiro atoms. The largest absolute Gasteiger partial charge is 0.484 e. The number of benzene rings is 1. The number of nitrogens with one attached hydrogen (secondary N) is 2. The van der Waals surface area contributed by atoms with E-state index in [4.69, 9.17) is 13.9 Å². The average molecular weight is 553 g/mol. The third kappa shape index (κ3) is 9.81. The van der Waals surface area contributed by atoms with Crippen LogP contribution in [0.5, 0.6) is 5.75 Å². The van der Waals surface area contributed by atoms with Crippen LogP contribution in [-0.4, -0.2) is 44.5 Å². The van der Waals surface area contributed by atoms with E-state index >= 15 is 0 Å². The number of halogens is 4. The standard InChI is InChI=1S/C21H26F3N3O3.HI/c22-21(23,24)15-30-18-7-5-16(6-8-18)13-26-20(27-14-19-4-2-12-29-19)25-10-9-17-3-1-11-28-17;/h1,3,5-8,11,19H,2,4,9-10,12-15H2,(H2,25,26,27);1H. The van der Waals surface area contributed by atoms with Gasteiger partial charge in [-0.2, -0.15) is 13.2 Å². The lowest BCUT2D eigenvalue weighted by atomic mass is 10.2. The maximum Gasteiger partial charge on any atom is 0.422 e. The fraction of sp³-hybridized carbons (Fsp3) is 0.476. The van der Waals surface area contributed by atoms with Crippen LogP contribution in [0.3, 0.4) is 0 Å². The summed E-state index contributed by atoms with van der Waals surface area (Å²) in [6.07, 6.45) is 0.265. The minimum atomic E-state index is -4.35. The lowest BCUT2D eigenvalue weighted by molar-refractivity contribution is -0.153. The van der Waals surface area contributed by atoms with Gasteiger partial charge < -0.3 is 24.5 Å². The summed E-state index contributed by atoms with van der Waals surface area (Å²) >= 11 is 0. The molecule has 1 unspecified atom stereocenters. The first kappa shape index (κ1) is 25.3. The Kier molecular flexibility index (Phi) is 10.4. The Morgan fingerprint density at radius 2 is 1.97 bits per heavy atom. The topological polar surface area (TPSA) is 68.0 Å². The fourth-order valence-electron chi connectivity index (χ4n) is 2.98. The highest BCUT2D eigenvalue weighted by atomic mass is 127. The van der Waals surface area contributed by atoms with Gasteiger partial charge in [0, 0.05) is 26.1 Å². The Morgan fingerprint density at radius 3 is 2.61 bits per heavy atom. The molecule has 1 aromatic carbocycles. The molecule has 1 aliphatic rings. The highest BCUT2D eigenvalue weighted by Crippen LogP contribution is 2.19. The molecule has 1 aromatic heterocycles. The van der Waals surface area contributed by atoms with Gasteiger partial charge >= 0.3 is 6.18 Å². The third-order valence-electron chi connectivity index (χ3n) is 4.51. The summed E-state index contributed by atoms with van der Waals surface area (Å²) in [4.78, 5) is 4.58. The number of guanidine groups is 1. The molecule has 10 heteroatoms. The maximum absolute atomic E-state index is 12.2. The second-order valence-electron chi connectivity index (χ2n) is 6.98. The average Bonchev–Trinajstić information content (AvgIpc) is 3.42. The summed E-state index contributed by atoms with van der Waals surface area (Å²) in [7, 11) is 0. The Morgan fingerprint density at radius 1 is 1.16 bits per heavy atom. The molecule has 2 aromatic rings. The summed E-state index contributed by atoms with van der Waals surface area (Å²) in [6.45, 7) is 1.17. The lowest BCUT2D eigenvalue weighted by Crippen LogP contribution is -2.41. The second kappa shape index (κ2) is 12.8. The van der Waals surface area contributed by atoms with E-state index in [2.05, 4.69) is 15.6 Å². The number of hydrogen-bond donors (Lipinski definition) is 2. The first-order chi connectivity index (χ1) is 14.5. The van der Waals surface area contributed by atoms with Crippen molar-refractivity contribution in [3.05, 3.63) is 54.0 Å². The number of rotatable bonds is 9. The van der Waals surface area contributed by atoms with E-state index < -0.39 is 12.8 Å². The predicted molar refractivity (Wildman–Crippen MR) is 122 cm³/mol. The Labute approximate surface area is 196 Å². The molecule has 1 atom stereocenters. The molecule has 31 heavy (non-hydrogen) atoms. The summed E-state index contributed by atoms with van der Waals surface area (Å²) in [6, 6.07) is 10.2. The van der Waals surface area contributed by atoms with Crippen LogP contribution in [-0.2, 0) is 17.7 Å². The molecule has 1 aliphatic heterocycles. The zero-order valence-electron chi connectivity index (χ0n) is 17.0. The number of ether oxygens (including phenoxy) is 2. The predicted octanol–water partition coefficient (Wildman–Crippen LogP) is 4.30. The van der Waals surface area contributed by atoms with Gasteiger partial charge in [-0.1, -0.05) is 12.1 Å². The summed E-state index contributed by atoms with van der Waals surface area (Å²) < 4.78 is 52.4. The van der Waals surface area contributed by atoms with Gasteiger partial charge in [0.25, 0.3) is 0 Å². The quantitative estimate of drug-likeness (QED) is 0.276. The van der Waals surface area contributed by atoms with Gasteiger partial charge in [-0.15, -0.1) is 24.0 Å². The van der Waals surface area contributed by atoms with Crippen LogP contribution in [0.1, 0.15) is 24.2 Å². The van der Waals surface area contributed by atoms with Gasteiger partial charge in [-0.25, -0.2) is 4.99 Å². The molecular weight excluding hydrogens is 526 g/mol. The highest BCUT2D eigenvalue weighted by Gasteiger charge is 2.28. The lowest BCUT2D eigenvalue weighted by Gasteiger charge is -2.15. The smallest absolute Gasteiger partial charge is 0.422 e. The van der Waals surface area contributed by atoms with E-state index in [1.54, 1.807) is 18.4 Å². The van der Waals surface area contributed by atoms with Gasteiger partial charge in [0.05, 0.1) is 18.9 Å². The van der Waals surface area contributed by atoms with Crippen LogP contribution in [0.2, 0.25) is 0 Å². The Bertz CT molecular complexity index is 777. The molecule has 0 amide bonds. The van der Waals surface area contributed by atoms with Crippen molar-refractivity contribution < 1.29 is 27.1 Å². The molecule has 3 rings (SSSR count). The molecule has 2 N–H and O–H groups in total. The molecular formula is C21H27F3IN3O3. The van der Waals surface area contributed by atoms with E-state index in [1.807, 2.05) is 12.1 Å². The van der Waals surface area contributed by atoms with Crippen molar-refractivity contribution in [2.24, 2.45) is 4.99 Å². The second-order valence-corrected chi connectivity index (χ2v) is 6.98. The van der Waals surface area contributed by atoms with Crippen LogP contribution in [0.25, 0.3) is 0 Å². The van der Waals surface area contributed by atoms with Crippen LogP contribution < -0.4 is 15.4 Å². The van der Waals surface area contributed by atoms with Crippen molar-refractivity contribution >= 4 is 29.9 Å². The zero-order valence-corrected chi connectivity index (χ0v) is 19.3. The molecule has 1 fully saturated rings. The van der Waals surface area contributed by atoms with Gasteiger partial charge in [0.2, 0.25) is 0 Å². The molecule has 6 nitrogen and oxygen atoms in total. The zero-order chi connectivity index (χ0) is 21.2. The van der Waals surface area contributed by atoms with Crippen molar-refractivity contribution in [3.8, 4) is 5.75 Å². The molecule has 1 saturated heterocycles. The van der Waals surface area contributed by atoms with Gasteiger partial charge in [0.1, 0.15) is 11.5 Å². The third-order valence-corrected chi connectivity index (χ3v) is 4.51. The van der Waals surface area contributed by atoms with Crippen LogP contribution in [0, 0.1) is 0 Å². The van der Waals surface area contributed by atoms with E-state index in [0.29, 0.717) is 25.6 Å². The molecule has 2 heterocycles. The molecule has 0 bridgehead atoms. The number of nitrogens with zero attached hydrogens (tertiary/aromatic N) is 1. The van der Waals surface area contributed by atoms with Crippen LogP contribution >= 0.6 is 24.0 Å². The molecule has 0 radical (unpaired) electrons. The number of alkyl halides is 3. The number of hydrogen-bond acceptors (Lipinski definition) is 4. The highest BCUT2D eigenvalue weighted by molar-refractivity contribution is 14.0. The minimum Gasteiger partial charge on any atom is -0.484 e. The van der Waals surface area contributed by atoms with Crippen molar-refractivity contribution in [3.63, 3.8) is 0 Å². The summed E-state index contributed by atoms with van der Waals surface area (Å²) in [5.74, 6) is 1.71. The van der Waals surface area contributed by atoms with Crippen molar-refractivity contribution in [1.29, 1.82) is 0 Å². The molecule has 0 saturated carbocycles. The first-order valence-electron chi connectivity index (χ1n) is 9.92.